The van der Waals surface area contributed by atoms with Gasteiger partial charge < -0.3 is 24.4 Å². The van der Waals surface area contributed by atoms with Crippen molar-refractivity contribution >= 4 is 11.8 Å². The standard InChI is InChI=1S/C32H44O7/c1-3-4-5-6-7-8-9-10-11-12-13-14-15-16-31(36)39-29-19-23(17-18-27(29)37-2)28-22-26(35)32-25(34)20-24(33)21-30(32)38-28/h17-21,28,33-34H,3-16,22H2,1-2H3. The maximum absolute atomic E-state index is 12.7. The SMILES string of the molecule is CCCCCCCCCCCCCCCC(=O)Oc1cc(C2CC(=O)c3c(O)cc(O)cc3O2)ccc1OC. The van der Waals surface area contributed by atoms with Crippen LogP contribution < -0.4 is 14.2 Å². The molecule has 0 radical (unpaired) electrons. The second-order valence-corrected chi connectivity index (χ2v) is 10.4. The summed E-state index contributed by atoms with van der Waals surface area (Å²) in [6.07, 6.45) is 15.8. The fourth-order valence-electron chi connectivity index (χ4n) is 5.05. The van der Waals surface area contributed by atoms with Crippen LogP contribution in [0.2, 0.25) is 0 Å². The zero-order valence-corrected chi connectivity index (χ0v) is 23.5. The molecule has 7 heteroatoms. The number of esters is 1. The molecule has 2 aromatic carbocycles. The molecule has 1 aliphatic rings. The van der Waals surface area contributed by atoms with E-state index in [0.29, 0.717) is 17.7 Å². The molecule has 2 aromatic rings. The van der Waals surface area contributed by atoms with Crippen molar-refractivity contribution in [2.24, 2.45) is 0 Å². The summed E-state index contributed by atoms with van der Waals surface area (Å²) in [5, 5.41) is 19.8. The molecular formula is C32H44O7. The Morgan fingerprint density at radius 1 is 0.872 bits per heavy atom. The van der Waals surface area contributed by atoms with Crippen molar-refractivity contribution in [1.82, 2.24) is 0 Å². The summed E-state index contributed by atoms with van der Waals surface area (Å²) in [5.74, 6) is -0.329. The number of phenolic OH excluding ortho intramolecular Hbond substituents is 2. The van der Waals surface area contributed by atoms with E-state index in [1.54, 1.807) is 18.2 Å². The van der Waals surface area contributed by atoms with Gasteiger partial charge in [0.15, 0.2) is 17.3 Å². The summed E-state index contributed by atoms with van der Waals surface area (Å²) < 4.78 is 16.9. The number of methoxy groups -OCH3 is 1. The zero-order chi connectivity index (χ0) is 28.0. The number of aromatic hydroxyl groups is 2. The van der Waals surface area contributed by atoms with Crippen LogP contribution >= 0.6 is 0 Å². The van der Waals surface area contributed by atoms with E-state index in [9.17, 15) is 19.8 Å². The molecule has 214 valence electrons. The number of unbranched alkanes of at least 4 members (excludes halogenated alkanes) is 12. The van der Waals surface area contributed by atoms with Crippen molar-refractivity contribution in [3.8, 4) is 28.7 Å². The number of Topliss-reactive ketones (excluding diaryl/α,β-unsaturated/α-hetero) is 1. The fourth-order valence-corrected chi connectivity index (χ4v) is 5.05. The Hall–Kier alpha value is -3.22. The Bertz CT molecular complexity index is 1080. The minimum atomic E-state index is -0.657. The van der Waals surface area contributed by atoms with Gasteiger partial charge in [0.05, 0.1) is 13.5 Å². The lowest BCUT2D eigenvalue weighted by Gasteiger charge is -2.26. The number of hydrogen-bond acceptors (Lipinski definition) is 7. The number of carbonyl (C=O) groups excluding carboxylic acids is 2. The molecule has 3 rings (SSSR count). The van der Waals surface area contributed by atoms with Crippen molar-refractivity contribution in [3.63, 3.8) is 0 Å². The van der Waals surface area contributed by atoms with Gasteiger partial charge in [-0.15, -0.1) is 0 Å². The van der Waals surface area contributed by atoms with Gasteiger partial charge >= 0.3 is 5.97 Å². The van der Waals surface area contributed by atoms with Crippen molar-refractivity contribution in [2.45, 2.75) is 109 Å². The van der Waals surface area contributed by atoms with Crippen LogP contribution in [-0.2, 0) is 4.79 Å². The first-order valence-corrected chi connectivity index (χ1v) is 14.6. The Balaban J connectivity index is 1.41. The van der Waals surface area contributed by atoms with Gasteiger partial charge in [0.2, 0.25) is 0 Å². The van der Waals surface area contributed by atoms with E-state index in [2.05, 4.69) is 6.92 Å². The largest absolute Gasteiger partial charge is 0.508 e. The average molecular weight is 541 g/mol. The second-order valence-electron chi connectivity index (χ2n) is 10.4. The van der Waals surface area contributed by atoms with Crippen LogP contribution in [0.1, 0.15) is 125 Å². The number of fused-ring (bicyclic) bond motifs is 1. The summed E-state index contributed by atoms with van der Waals surface area (Å²) in [4.78, 5) is 25.2. The summed E-state index contributed by atoms with van der Waals surface area (Å²) >= 11 is 0. The van der Waals surface area contributed by atoms with Gasteiger partial charge in [0.1, 0.15) is 28.9 Å². The Kier molecular flexibility index (Phi) is 12.5. The summed E-state index contributed by atoms with van der Waals surface area (Å²) in [7, 11) is 1.50. The van der Waals surface area contributed by atoms with Crippen molar-refractivity contribution in [3.05, 3.63) is 41.5 Å². The molecule has 0 saturated carbocycles. The van der Waals surface area contributed by atoms with Crippen LogP contribution in [0.4, 0.5) is 0 Å². The Morgan fingerprint density at radius 3 is 2.10 bits per heavy atom. The molecule has 2 N–H and O–H groups in total. The van der Waals surface area contributed by atoms with E-state index < -0.39 is 6.10 Å². The monoisotopic (exact) mass is 540 g/mol. The maximum Gasteiger partial charge on any atom is 0.311 e. The van der Waals surface area contributed by atoms with E-state index in [0.717, 1.165) is 25.3 Å². The molecule has 7 nitrogen and oxygen atoms in total. The van der Waals surface area contributed by atoms with Crippen LogP contribution in [0.25, 0.3) is 0 Å². The molecule has 0 aromatic heterocycles. The zero-order valence-electron chi connectivity index (χ0n) is 23.5. The normalized spacial score (nSPS) is 14.5. The molecule has 0 saturated heterocycles. The maximum atomic E-state index is 12.7. The average Bonchev–Trinajstić information content (AvgIpc) is 2.90. The highest BCUT2D eigenvalue weighted by Gasteiger charge is 2.31. The summed E-state index contributed by atoms with van der Waals surface area (Å²) in [6.45, 7) is 2.25. The van der Waals surface area contributed by atoms with E-state index in [-0.39, 0.29) is 46.7 Å². The number of ether oxygens (including phenoxy) is 3. The molecular weight excluding hydrogens is 496 g/mol. The number of rotatable bonds is 17. The smallest absolute Gasteiger partial charge is 0.311 e. The number of benzene rings is 2. The van der Waals surface area contributed by atoms with Crippen LogP contribution in [0.5, 0.6) is 28.7 Å². The molecule has 1 aliphatic heterocycles. The molecule has 0 amide bonds. The minimum absolute atomic E-state index is 0.00398. The number of carbonyl (C=O) groups is 2. The predicted molar refractivity (Wildman–Crippen MR) is 151 cm³/mol. The highest BCUT2D eigenvalue weighted by Crippen LogP contribution is 2.42. The van der Waals surface area contributed by atoms with Gasteiger partial charge in [0.25, 0.3) is 0 Å². The lowest BCUT2D eigenvalue weighted by molar-refractivity contribution is -0.134. The van der Waals surface area contributed by atoms with Crippen LogP contribution in [0.3, 0.4) is 0 Å². The number of ketones is 1. The first kappa shape index (κ1) is 30.3. The quantitative estimate of drug-likeness (QED) is 0.118. The highest BCUT2D eigenvalue weighted by molar-refractivity contribution is 6.02. The Labute approximate surface area is 232 Å². The third-order valence-electron chi connectivity index (χ3n) is 7.25. The van der Waals surface area contributed by atoms with Gasteiger partial charge in [0, 0.05) is 18.6 Å². The fraction of sp³-hybridized carbons (Fsp3) is 0.562. The molecule has 1 atom stereocenters. The van der Waals surface area contributed by atoms with Crippen LogP contribution in [0.15, 0.2) is 30.3 Å². The molecule has 0 bridgehead atoms. The Morgan fingerprint density at radius 2 is 1.49 bits per heavy atom. The van der Waals surface area contributed by atoms with Crippen LogP contribution in [0, 0.1) is 0 Å². The number of hydrogen-bond donors (Lipinski definition) is 2. The van der Waals surface area contributed by atoms with E-state index >= 15 is 0 Å². The first-order chi connectivity index (χ1) is 18.9. The van der Waals surface area contributed by atoms with E-state index in [1.165, 1.54) is 77.4 Å². The first-order valence-electron chi connectivity index (χ1n) is 14.6. The molecule has 0 fully saturated rings. The molecule has 0 aliphatic carbocycles. The van der Waals surface area contributed by atoms with Gasteiger partial charge in [-0.3, -0.25) is 9.59 Å². The molecule has 39 heavy (non-hydrogen) atoms. The third-order valence-corrected chi connectivity index (χ3v) is 7.25. The van der Waals surface area contributed by atoms with Crippen LogP contribution in [-0.4, -0.2) is 29.1 Å². The second kappa shape index (κ2) is 16.0. The predicted octanol–water partition coefficient (Wildman–Crippen LogP) is 8.20. The van der Waals surface area contributed by atoms with Crippen molar-refractivity contribution in [1.29, 1.82) is 0 Å². The van der Waals surface area contributed by atoms with Gasteiger partial charge in [-0.2, -0.15) is 0 Å². The van der Waals surface area contributed by atoms with E-state index in [4.69, 9.17) is 14.2 Å². The number of phenols is 2. The highest BCUT2D eigenvalue weighted by atomic mass is 16.6. The topological polar surface area (TPSA) is 102 Å². The summed E-state index contributed by atoms with van der Waals surface area (Å²) in [6, 6.07) is 7.48. The van der Waals surface area contributed by atoms with Gasteiger partial charge in [-0.25, -0.2) is 0 Å². The molecule has 1 heterocycles. The van der Waals surface area contributed by atoms with Gasteiger partial charge in [-0.1, -0.05) is 90.0 Å². The lowest BCUT2D eigenvalue weighted by Crippen LogP contribution is -2.20. The summed E-state index contributed by atoms with van der Waals surface area (Å²) in [5.41, 5.74) is 0.684. The van der Waals surface area contributed by atoms with Crippen molar-refractivity contribution in [2.75, 3.05) is 7.11 Å². The van der Waals surface area contributed by atoms with E-state index in [1.807, 2.05) is 0 Å². The molecule has 1 unspecified atom stereocenters. The third kappa shape index (κ3) is 9.48. The molecule has 0 spiro atoms. The van der Waals surface area contributed by atoms with Crippen molar-refractivity contribution < 1.29 is 34.0 Å². The van der Waals surface area contributed by atoms with Gasteiger partial charge in [-0.05, 0) is 24.1 Å². The lowest BCUT2D eigenvalue weighted by atomic mass is 9.95. The minimum Gasteiger partial charge on any atom is -0.508 e.